The van der Waals surface area contributed by atoms with Crippen LogP contribution in [0.1, 0.15) is 30.0 Å². The fourth-order valence-corrected chi connectivity index (χ4v) is 2.20. The number of nitrogens with one attached hydrogen (secondary N) is 1. The minimum absolute atomic E-state index is 0.0444. The largest absolute Gasteiger partial charge is 0.416 e. The van der Waals surface area contributed by atoms with E-state index in [9.17, 15) is 28.1 Å². The van der Waals surface area contributed by atoms with Crippen molar-refractivity contribution in [3.05, 3.63) is 45.5 Å². The van der Waals surface area contributed by atoms with Gasteiger partial charge in [0, 0.05) is 17.8 Å². The molecule has 0 aliphatic carbocycles. The molecule has 0 radical (unpaired) electrons. The molecule has 1 aromatic carbocycles. The molecule has 2 atom stereocenters. The topological polar surface area (TPSA) is 72.2 Å². The van der Waals surface area contributed by atoms with Crippen LogP contribution < -0.4 is 5.32 Å². The molecule has 1 fully saturated rings. The molecule has 1 heterocycles. The molecule has 1 aliphatic rings. The van der Waals surface area contributed by atoms with Crippen LogP contribution in [-0.4, -0.2) is 16.9 Å². The molecule has 1 amide bonds. The van der Waals surface area contributed by atoms with Crippen molar-refractivity contribution in [2.75, 3.05) is 0 Å². The lowest BCUT2D eigenvalue weighted by Crippen LogP contribution is -2.45. The van der Waals surface area contributed by atoms with Gasteiger partial charge in [-0.15, -0.1) is 0 Å². The number of nitro groups is 1. The number of amides is 1. The van der Waals surface area contributed by atoms with Crippen LogP contribution >= 0.6 is 0 Å². The van der Waals surface area contributed by atoms with Gasteiger partial charge in [-0.1, -0.05) is 12.1 Å². The van der Waals surface area contributed by atoms with E-state index in [2.05, 4.69) is 5.32 Å². The smallest absolute Gasteiger partial charge is 0.343 e. The van der Waals surface area contributed by atoms with Gasteiger partial charge in [0.05, 0.1) is 5.56 Å². The number of halogens is 3. The highest BCUT2D eigenvalue weighted by Crippen LogP contribution is 2.32. The van der Waals surface area contributed by atoms with Gasteiger partial charge in [-0.2, -0.15) is 13.2 Å². The zero-order valence-electron chi connectivity index (χ0n) is 10.2. The highest BCUT2D eigenvalue weighted by molar-refractivity contribution is 5.77. The molecule has 108 valence electrons. The molecule has 2 rings (SSSR count). The van der Waals surface area contributed by atoms with E-state index < -0.39 is 28.7 Å². The minimum Gasteiger partial charge on any atom is -0.343 e. The Bertz CT molecular complexity index is 528. The maximum atomic E-state index is 12.5. The van der Waals surface area contributed by atoms with Crippen LogP contribution in [0, 0.1) is 10.1 Å². The summed E-state index contributed by atoms with van der Waals surface area (Å²) in [5.74, 6) is -0.340. The molecule has 8 heteroatoms. The van der Waals surface area contributed by atoms with Crippen molar-refractivity contribution in [2.45, 2.75) is 31.1 Å². The van der Waals surface area contributed by atoms with E-state index >= 15 is 0 Å². The lowest BCUT2D eigenvalue weighted by atomic mass is 9.92. The SMILES string of the molecule is O=C1CC[C@@H]([N+](=O)[O-])[C@@H](c2ccc(C(F)(F)F)cc2)N1. The first-order valence-electron chi connectivity index (χ1n) is 5.89. The number of rotatable bonds is 2. The van der Waals surface area contributed by atoms with Crippen LogP contribution in [-0.2, 0) is 11.0 Å². The second-order valence-corrected chi connectivity index (χ2v) is 4.56. The van der Waals surface area contributed by atoms with Gasteiger partial charge in [-0.3, -0.25) is 14.9 Å². The van der Waals surface area contributed by atoms with E-state index in [-0.39, 0.29) is 18.7 Å². The summed E-state index contributed by atoms with van der Waals surface area (Å²) < 4.78 is 37.4. The maximum absolute atomic E-state index is 12.5. The standard InChI is InChI=1S/C12H11F3N2O3/c13-12(14,15)8-3-1-7(2-4-8)11-9(17(19)20)5-6-10(18)16-11/h1-4,9,11H,5-6H2,(H,16,18)/t9-,11-/m1/s1. The van der Waals surface area contributed by atoms with Crippen molar-refractivity contribution in [1.29, 1.82) is 0 Å². The molecule has 1 aromatic rings. The fourth-order valence-electron chi connectivity index (χ4n) is 2.20. The quantitative estimate of drug-likeness (QED) is 0.670. The van der Waals surface area contributed by atoms with Gasteiger partial charge in [0.25, 0.3) is 0 Å². The third-order valence-electron chi connectivity index (χ3n) is 3.24. The van der Waals surface area contributed by atoms with Crippen molar-refractivity contribution < 1.29 is 22.9 Å². The van der Waals surface area contributed by atoms with Crippen LogP contribution in [0.2, 0.25) is 0 Å². The molecule has 0 saturated carbocycles. The number of benzene rings is 1. The molecule has 0 aromatic heterocycles. The molecule has 0 spiro atoms. The molecular formula is C12H11F3N2O3. The Morgan fingerprint density at radius 3 is 2.35 bits per heavy atom. The van der Waals surface area contributed by atoms with Crippen LogP contribution in [0.5, 0.6) is 0 Å². The van der Waals surface area contributed by atoms with E-state index in [0.717, 1.165) is 24.3 Å². The maximum Gasteiger partial charge on any atom is 0.416 e. The van der Waals surface area contributed by atoms with Crippen molar-refractivity contribution in [2.24, 2.45) is 0 Å². The summed E-state index contributed by atoms with van der Waals surface area (Å²) in [7, 11) is 0. The first kappa shape index (κ1) is 14.3. The fraction of sp³-hybridized carbons (Fsp3) is 0.417. The predicted octanol–water partition coefficient (Wildman–Crippen LogP) is 2.30. The highest BCUT2D eigenvalue weighted by atomic mass is 19.4. The van der Waals surface area contributed by atoms with Crippen molar-refractivity contribution in [1.82, 2.24) is 5.32 Å². The van der Waals surface area contributed by atoms with Gasteiger partial charge in [0.2, 0.25) is 11.9 Å². The molecule has 1 saturated heterocycles. The summed E-state index contributed by atoms with van der Waals surface area (Å²) in [6.45, 7) is 0. The summed E-state index contributed by atoms with van der Waals surface area (Å²) in [4.78, 5) is 21.8. The van der Waals surface area contributed by atoms with Gasteiger partial charge in [0.1, 0.15) is 6.04 Å². The van der Waals surface area contributed by atoms with Gasteiger partial charge >= 0.3 is 6.18 Å². The lowest BCUT2D eigenvalue weighted by molar-refractivity contribution is -0.529. The van der Waals surface area contributed by atoms with E-state index in [1.54, 1.807) is 0 Å². The summed E-state index contributed by atoms with van der Waals surface area (Å²) in [6, 6.07) is 2.11. The van der Waals surface area contributed by atoms with Crippen LogP contribution in [0.25, 0.3) is 0 Å². The van der Waals surface area contributed by atoms with E-state index in [1.165, 1.54) is 0 Å². The summed E-state index contributed by atoms with van der Waals surface area (Å²) in [6.07, 6.45) is -4.34. The molecule has 1 aliphatic heterocycles. The molecule has 20 heavy (non-hydrogen) atoms. The second-order valence-electron chi connectivity index (χ2n) is 4.56. The van der Waals surface area contributed by atoms with Crippen LogP contribution in [0.4, 0.5) is 13.2 Å². The first-order valence-corrected chi connectivity index (χ1v) is 5.89. The third-order valence-corrected chi connectivity index (χ3v) is 3.24. The van der Waals surface area contributed by atoms with Gasteiger partial charge in [0.15, 0.2) is 0 Å². The zero-order valence-corrected chi connectivity index (χ0v) is 10.2. The zero-order chi connectivity index (χ0) is 14.9. The average Bonchev–Trinajstić information content (AvgIpc) is 2.37. The number of carbonyl (C=O) groups excluding carboxylic acids is 1. The molecule has 5 nitrogen and oxygen atoms in total. The van der Waals surface area contributed by atoms with Gasteiger partial charge < -0.3 is 5.32 Å². The minimum atomic E-state index is -4.46. The van der Waals surface area contributed by atoms with Crippen molar-refractivity contribution in [3.8, 4) is 0 Å². The number of nitrogens with zero attached hydrogens (tertiary/aromatic N) is 1. The number of piperidine rings is 1. The number of carbonyl (C=O) groups is 1. The number of hydrogen-bond acceptors (Lipinski definition) is 3. The highest BCUT2D eigenvalue weighted by Gasteiger charge is 2.38. The summed E-state index contributed by atoms with van der Waals surface area (Å²) in [5, 5.41) is 13.4. The Labute approximate surface area is 111 Å². The Morgan fingerprint density at radius 1 is 1.25 bits per heavy atom. The Hall–Kier alpha value is -2.12. The molecule has 0 unspecified atom stereocenters. The summed E-state index contributed by atoms with van der Waals surface area (Å²) >= 11 is 0. The number of hydrogen-bond donors (Lipinski definition) is 1. The first-order chi connectivity index (χ1) is 9.29. The average molecular weight is 288 g/mol. The van der Waals surface area contributed by atoms with Crippen molar-refractivity contribution in [3.63, 3.8) is 0 Å². The molecule has 0 bridgehead atoms. The Kier molecular flexibility index (Phi) is 3.65. The lowest BCUT2D eigenvalue weighted by Gasteiger charge is -2.26. The Balaban J connectivity index is 2.28. The van der Waals surface area contributed by atoms with E-state index in [0.29, 0.717) is 5.56 Å². The van der Waals surface area contributed by atoms with E-state index in [1.807, 2.05) is 0 Å². The van der Waals surface area contributed by atoms with Gasteiger partial charge in [-0.25, -0.2) is 0 Å². The second kappa shape index (κ2) is 5.10. The third kappa shape index (κ3) is 2.89. The molecule has 1 N–H and O–H groups in total. The van der Waals surface area contributed by atoms with Crippen molar-refractivity contribution >= 4 is 5.91 Å². The molecular weight excluding hydrogens is 277 g/mol. The Morgan fingerprint density at radius 2 is 1.85 bits per heavy atom. The monoisotopic (exact) mass is 288 g/mol. The normalized spacial score (nSPS) is 23.2. The van der Waals surface area contributed by atoms with Gasteiger partial charge in [-0.05, 0) is 17.7 Å². The number of alkyl halides is 3. The van der Waals surface area contributed by atoms with E-state index in [4.69, 9.17) is 0 Å². The van der Waals surface area contributed by atoms with Crippen LogP contribution in [0.3, 0.4) is 0 Å². The van der Waals surface area contributed by atoms with Crippen LogP contribution in [0.15, 0.2) is 24.3 Å². The predicted molar refractivity (Wildman–Crippen MR) is 62.3 cm³/mol. The summed E-state index contributed by atoms with van der Waals surface area (Å²) in [5.41, 5.74) is -0.534.